The Bertz CT molecular complexity index is 1020. The van der Waals surface area contributed by atoms with E-state index in [0.29, 0.717) is 6.42 Å². The van der Waals surface area contributed by atoms with E-state index in [-0.39, 0.29) is 30.6 Å². The van der Waals surface area contributed by atoms with Crippen LogP contribution in [0.3, 0.4) is 0 Å². The predicted molar refractivity (Wildman–Crippen MR) is 122 cm³/mol. The summed E-state index contributed by atoms with van der Waals surface area (Å²) in [6.07, 6.45) is 6.94. The summed E-state index contributed by atoms with van der Waals surface area (Å²) in [6.45, 7) is 2.08. The van der Waals surface area contributed by atoms with Crippen molar-refractivity contribution >= 4 is 21.6 Å². The number of benzene rings is 2. The lowest BCUT2D eigenvalue weighted by atomic mass is 9.89. The molecule has 0 aliphatic heterocycles. The van der Waals surface area contributed by atoms with Gasteiger partial charge in [-0.2, -0.15) is 0 Å². The van der Waals surface area contributed by atoms with Gasteiger partial charge in [-0.1, -0.05) is 37.3 Å². The molecule has 1 N–H and O–H groups in total. The fraction of sp³-hybridized carbons (Fsp3) is 0.458. The molecule has 31 heavy (non-hydrogen) atoms. The molecule has 0 heterocycles. The average molecular weight is 447 g/mol. The first-order valence-corrected chi connectivity index (χ1v) is 12.8. The van der Waals surface area contributed by atoms with Crippen LogP contribution in [0.4, 0.5) is 10.1 Å². The summed E-state index contributed by atoms with van der Waals surface area (Å²) in [6, 6.07) is 12.2. The van der Waals surface area contributed by atoms with Crippen LogP contribution in [0.1, 0.15) is 61.8 Å². The standard InChI is InChI=1S/C24H31FN2O3S/c1-3-22(20-15-14-18-9-4-5-10-19(18)17-20)26-24(28)13-8-16-27(31(2,29)30)23-12-7-6-11-21(23)25/h6-7,11-12,14-15,17,22H,3-5,8-10,13,16H2,1-2H3,(H,26,28)/t22-/m0/s1. The van der Waals surface area contributed by atoms with Gasteiger partial charge in [0.1, 0.15) is 5.82 Å². The molecule has 1 aliphatic carbocycles. The van der Waals surface area contributed by atoms with E-state index in [9.17, 15) is 17.6 Å². The van der Waals surface area contributed by atoms with Crippen LogP contribution in [0.5, 0.6) is 0 Å². The molecule has 2 aromatic rings. The van der Waals surface area contributed by atoms with E-state index in [2.05, 4.69) is 23.5 Å². The highest BCUT2D eigenvalue weighted by molar-refractivity contribution is 7.92. The monoisotopic (exact) mass is 446 g/mol. The van der Waals surface area contributed by atoms with Crippen molar-refractivity contribution in [1.82, 2.24) is 5.32 Å². The van der Waals surface area contributed by atoms with Crippen LogP contribution in [-0.2, 0) is 27.7 Å². The number of fused-ring (bicyclic) bond motifs is 1. The molecular weight excluding hydrogens is 415 g/mol. The van der Waals surface area contributed by atoms with Gasteiger partial charge in [0, 0.05) is 13.0 Å². The number of nitrogens with one attached hydrogen (secondary N) is 1. The van der Waals surface area contributed by atoms with Crippen molar-refractivity contribution in [2.24, 2.45) is 0 Å². The number of anilines is 1. The topological polar surface area (TPSA) is 66.5 Å². The molecule has 7 heteroatoms. The minimum Gasteiger partial charge on any atom is -0.349 e. The van der Waals surface area contributed by atoms with Gasteiger partial charge in [-0.25, -0.2) is 12.8 Å². The molecule has 3 rings (SSSR count). The van der Waals surface area contributed by atoms with Crippen LogP contribution in [0, 0.1) is 5.82 Å². The van der Waals surface area contributed by atoms with Crippen molar-refractivity contribution < 1.29 is 17.6 Å². The van der Waals surface area contributed by atoms with Crippen molar-refractivity contribution in [2.45, 2.75) is 57.9 Å². The average Bonchev–Trinajstić information content (AvgIpc) is 2.74. The summed E-state index contributed by atoms with van der Waals surface area (Å²) in [5.74, 6) is -0.734. The number of aryl methyl sites for hydroxylation is 2. The zero-order chi connectivity index (χ0) is 22.4. The van der Waals surface area contributed by atoms with Gasteiger partial charge in [-0.05, 0) is 67.3 Å². The normalized spacial score (nSPS) is 14.5. The summed E-state index contributed by atoms with van der Waals surface area (Å²) >= 11 is 0. The molecule has 0 radical (unpaired) electrons. The predicted octanol–water partition coefficient (Wildman–Crippen LogP) is 4.52. The second-order valence-corrected chi connectivity index (χ2v) is 10.1. The molecule has 1 aliphatic rings. The second kappa shape index (κ2) is 10.3. The highest BCUT2D eigenvalue weighted by Gasteiger charge is 2.21. The largest absolute Gasteiger partial charge is 0.349 e. The molecule has 0 spiro atoms. The third-order valence-electron chi connectivity index (χ3n) is 5.80. The number of nitrogens with zero attached hydrogens (tertiary/aromatic N) is 1. The third-order valence-corrected chi connectivity index (χ3v) is 6.98. The number of halogens is 1. The van der Waals surface area contributed by atoms with Crippen molar-refractivity contribution in [3.8, 4) is 0 Å². The number of amides is 1. The number of sulfonamides is 1. The number of para-hydroxylation sites is 1. The Hall–Kier alpha value is -2.41. The van der Waals surface area contributed by atoms with Gasteiger partial charge in [0.2, 0.25) is 15.9 Å². The molecule has 0 bridgehead atoms. The van der Waals surface area contributed by atoms with Crippen molar-refractivity contribution in [3.05, 3.63) is 65.0 Å². The van der Waals surface area contributed by atoms with E-state index in [1.54, 1.807) is 6.07 Å². The minimum atomic E-state index is -3.66. The van der Waals surface area contributed by atoms with Crippen LogP contribution >= 0.6 is 0 Å². The Morgan fingerprint density at radius 3 is 2.52 bits per heavy atom. The number of carbonyl (C=O) groups excluding carboxylic acids is 1. The smallest absolute Gasteiger partial charge is 0.232 e. The number of rotatable bonds is 9. The zero-order valence-corrected chi connectivity index (χ0v) is 19.1. The van der Waals surface area contributed by atoms with Gasteiger partial charge < -0.3 is 5.32 Å². The molecule has 0 aromatic heterocycles. The van der Waals surface area contributed by atoms with Gasteiger partial charge >= 0.3 is 0 Å². The fourth-order valence-corrected chi connectivity index (χ4v) is 5.13. The highest BCUT2D eigenvalue weighted by atomic mass is 32.2. The molecule has 0 unspecified atom stereocenters. The minimum absolute atomic E-state index is 0.00546. The van der Waals surface area contributed by atoms with Crippen molar-refractivity contribution in [1.29, 1.82) is 0 Å². The van der Waals surface area contributed by atoms with E-state index in [0.717, 1.165) is 35.4 Å². The fourth-order valence-electron chi connectivity index (χ4n) is 4.16. The summed E-state index contributed by atoms with van der Waals surface area (Å²) in [5.41, 5.74) is 3.90. The number of hydrogen-bond acceptors (Lipinski definition) is 3. The summed E-state index contributed by atoms with van der Waals surface area (Å²) in [4.78, 5) is 12.6. The van der Waals surface area contributed by atoms with Gasteiger partial charge in [-0.3, -0.25) is 9.10 Å². The Morgan fingerprint density at radius 1 is 1.13 bits per heavy atom. The van der Waals surface area contributed by atoms with E-state index < -0.39 is 15.8 Å². The molecule has 0 saturated carbocycles. The Labute approximate surface area is 184 Å². The van der Waals surface area contributed by atoms with Crippen molar-refractivity contribution in [2.75, 3.05) is 17.1 Å². The number of hydrogen-bond donors (Lipinski definition) is 1. The van der Waals surface area contributed by atoms with Gasteiger partial charge in [0.05, 0.1) is 18.0 Å². The lowest BCUT2D eigenvalue weighted by Gasteiger charge is -2.23. The van der Waals surface area contributed by atoms with E-state index in [1.807, 2.05) is 6.92 Å². The third kappa shape index (κ3) is 6.06. The first kappa shape index (κ1) is 23.3. The maximum absolute atomic E-state index is 14.1. The zero-order valence-electron chi connectivity index (χ0n) is 18.2. The first-order valence-electron chi connectivity index (χ1n) is 10.9. The van der Waals surface area contributed by atoms with E-state index in [4.69, 9.17) is 0 Å². The van der Waals surface area contributed by atoms with Gasteiger partial charge in [0.25, 0.3) is 0 Å². The molecule has 2 aromatic carbocycles. The molecule has 0 saturated heterocycles. The van der Waals surface area contributed by atoms with Crippen LogP contribution in [0.2, 0.25) is 0 Å². The molecule has 1 atom stereocenters. The van der Waals surface area contributed by atoms with Crippen LogP contribution in [0.25, 0.3) is 0 Å². The summed E-state index contributed by atoms with van der Waals surface area (Å²) in [5, 5.41) is 3.07. The first-order chi connectivity index (χ1) is 14.8. The SMILES string of the molecule is CC[C@H](NC(=O)CCCN(c1ccccc1F)S(C)(=O)=O)c1ccc2c(c1)CCCC2. The number of carbonyl (C=O) groups is 1. The molecule has 168 valence electrons. The van der Waals surface area contributed by atoms with Gasteiger partial charge in [0.15, 0.2) is 0 Å². The Morgan fingerprint density at radius 2 is 1.84 bits per heavy atom. The lowest BCUT2D eigenvalue weighted by Crippen LogP contribution is -2.33. The van der Waals surface area contributed by atoms with Gasteiger partial charge in [-0.15, -0.1) is 0 Å². The Balaban J connectivity index is 1.60. The lowest BCUT2D eigenvalue weighted by molar-refractivity contribution is -0.121. The van der Waals surface area contributed by atoms with E-state index >= 15 is 0 Å². The summed E-state index contributed by atoms with van der Waals surface area (Å²) in [7, 11) is -3.66. The second-order valence-electron chi connectivity index (χ2n) is 8.15. The van der Waals surface area contributed by atoms with Crippen LogP contribution in [-0.4, -0.2) is 27.1 Å². The quantitative estimate of drug-likeness (QED) is 0.616. The molecule has 1 amide bonds. The van der Waals surface area contributed by atoms with Crippen molar-refractivity contribution in [3.63, 3.8) is 0 Å². The van der Waals surface area contributed by atoms with Crippen LogP contribution < -0.4 is 9.62 Å². The molecule has 0 fully saturated rings. The molecule has 5 nitrogen and oxygen atoms in total. The van der Waals surface area contributed by atoms with E-state index in [1.165, 1.54) is 42.2 Å². The maximum atomic E-state index is 14.1. The van der Waals surface area contributed by atoms with Crippen LogP contribution in [0.15, 0.2) is 42.5 Å². The molecular formula is C24H31FN2O3S. The Kier molecular flexibility index (Phi) is 7.70. The summed E-state index contributed by atoms with van der Waals surface area (Å²) < 4.78 is 39.4. The highest BCUT2D eigenvalue weighted by Crippen LogP contribution is 2.26. The maximum Gasteiger partial charge on any atom is 0.232 e.